The van der Waals surface area contributed by atoms with Crippen molar-refractivity contribution in [2.24, 2.45) is 0 Å². The number of aromatic amines is 1. The highest BCUT2D eigenvalue weighted by Gasteiger charge is 2.27. The molecule has 0 atom stereocenters. The molecule has 3 amide bonds. The van der Waals surface area contributed by atoms with Gasteiger partial charge in [0.1, 0.15) is 16.7 Å². The summed E-state index contributed by atoms with van der Waals surface area (Å²) in [6.07, 6.45) is 3.84. The summed E-state index contributed by atoms with van der Waals surface area (Å²) < 4.78 is 4.63. The van der Waals surface area contributed by atoms with E-state index >= 15 is 0 Å². The smallest absolute Gasteiger partial charge is 0.289 e. The lowest BCUT2D eigenvalue weighted by atomic mass is 9.97. The monoisotopic (exact) mass is 529 g/mol. The minimum Gasteiger partial charge on any atom is -0.361 e. The van der Waals surface area contributed by atoms with E-state index < -0.39 is 11.8 Å². The Morgan fingerprint density at radius 3 is 2.68 bits per heavy atom. The van der Waals surface area contributed by atoms with Gasteiger partial charge >= 0.3 is 0 Å². The fourth-order valence-electron chi connectivity index (χ4n) is 4.68. The first kappa shape index (κ1) is 23.8. The van der Waals surface area contributed by atoms with Crippen LogP contribution in [0.25, 0.3) is 21.9 Å². The van der Waals surface area contributed by atoms with Gasteiger partial charge < -0.3 is 9.88 Å². The van der Waals surface area contributed by atoms with Crippen molar-refractivity contribution in [1.29, 1.82) is 0 Å². The van der Waals surface area contributed by atoms with E-state index in [2.05, 4.69) is 35.8 Å². The normalized spacial score (nSPS) is 14.2. The van der Waals surface area contributed by atoms with Crippen LogP contribution in [0.3, 0.4) is 0 Å². The SMILES string of the molecule is O=C(NNC(=O)c1csc(C2CCN(C(=O)Cc3c[nH]c4ccccc34)CC2)n1)c1ccc2nonc2c1. The summed E-state index contributed by atoms with van der Waals surface area (Å²) in [6, 6.07) is 12.7. The molecule has 1 saturated heterocycles. The number of thiazole rings is 1. The van der Waals surface area contributed by atoms with E-state index in [0.717, 1.165) is 34.3 Å². The van der Waals surface area contributed by atoms with Gasteiger partial charge in [0.15, 0.2) is 0 Å². The molecular formula is C26H23N7O4S. The molecular weight excluding hydrogens is 506 g/mol. The first-order valence-corrected chi connectivity index (χ1v) is 13.0. The summed E-state index contributed by atoms with van der Waals surface area (Å²) in [7, 11) is 0. The van der Waals surface area contributed by atoms with Crippen LogP contribution in [0.2, 0.25) is 0 Å². The van der Waals surface area contributed by atoms with E-state index in [1.165, 1.54) is 17.4 Å². The molecule has 0 aliphatic carbocycles. The summed E-state index contributed by atoms with van der Waals surface area (Å²) in [6.45, 7) is 1.29. The van der Waals surface area contributed by atoms with Gasteiger partial charge in [-0.1, -0.05) is 18.2 Å². The third-order valence-corrected chi connectivity index (χ3v) is 7.78. The molecule has 2 aromatic carbocycles. The molecule has 4 heterocycles. The average molecular weight is 530 g/mol. The molecule has 0 unspecified atom stereocenters. The van der Waals surface area contributed by atoms with Gasteiger partial charge in [-0.05, 0) is 53.0 Å². The second-order valence-electron chi connectivity index (χ2n) is 9.14. The van der Waals surface area contributed by atoms with Gasteiger partial charge in [-0.2, -0.15) is 0 Å². The fraction of sp³-hybridized carbons (Fsp3) is 0.231. The number of hydrogen-bond acceptors (Lipinski definition) is 8. The second-order valence-corrected chi connectivity index (χ2v) is 10.0. The molecule has 192 valence electrons. The number of carbonyl (C=O) groups is 3. The number of hydrogen-bond donors (Lipinski definition) is 3. The standard InChI is InChI=1S/C26H23N7O4S/c34-23(12-17-13-27-19-4-2-1-3-18(17)19)33-9-7-15(8-10-33)26-28-22(14-38-26)25(36)30-29-24(35)16-5-6-20-21(11-16)32-37-31-20/h1-6,11,13-15,27H,7-10,12H2,(H,29,35)(H,30,36). The lowest BCUT2D eigenvalue weighted by Gasteiger charge is -2.31. The van der Waals surface area contributed by atoms with Crippen LogP contribution in [0, 0.1) is 0 Å². The summed E-state index contributed by atoms with van der Waals surface area (Å²) in [5.74, 6) is -0.710. The van der Waals surface area contributed by atoms with E-state index in [1.54, 1.807) is 17.5 Å². The average Bonchev–Trinajstić information content (AvgIpc) is 3.71. The van der Waals surface area contributed by atoms with Gasteiger partial charge in [0.05, 0.1) is 11.4 Å². The number of fused-ring (bicyclic) bond motifs is 2. The maximum absolute atomic E-state index is 12.9. The lowest BCUT2D eigenvalue weighted by Crippen LogP contribution is -2.41. The van der Waals surface area contributed by atoms with Crippen molar-refractivity contribution in [3.05, 3.63) is 75.9 Å². The number of carbonyl (C=O) groups excluding carboxylic acids is 3. The first-order chi connectivity index (χ1) is 18.5. The number of nitrogens with zero attached hydrogens (tertiary/aromatic N) is 4. The zero-order valence-electron chi connectivity index (χ0n) is 20.1. The van der Waals surface area contributed by atoms with E-state index in [0.29, 0.717) is 36.1 Å². The van der Waals surface area contributed by atoms with Crippen molar-refractivity contribution in [1.82, 2.24) is 36.0 Å². The van der Waals surface area contributed by atoms with Gasteiger partial charge in [0.25, 0.3) is 11.8 Å². The Morgan fingerprint density at radius 1 is 1.03 bits per heavy atom. The van der Waals surface area contributed by atoms with E-state index in [1.807, 2.05) is 35.4 Å². The van der Waals surface area contributed by atoms with E-state index in [4.69, 9.17) is 0 Å². The summed E-state index contributed by atoms with van der Waals surface area (Å²) >= 11 is 1.41. The van der Waals surface area contributed by atoms with Crippen molar-refractivity contribution in [3.63, 3.8) is 0 Å². The number of rotatable bonds is 5. The molecule has 1 fully saturated rings. The Labute approximate surface area is 220 Å². The van der Waals surface area contributed by atoms with Crippen molar-refractivity contribution in [2.45, 2.75) is 25.2 Å². The lowest BCUT2D eigenvalue weighted by molar-refractivity contribution is -0.131. The molecule has 0 bridgehead atoms. The van der Waals surface area contributed by atoms with Gasteiger partial charge in [-0.15, -0.1) is 11.3 Å². The highest BCUT2D eigenvalue weighted by atomic mass is 32.1. The molecule has 38 heavy (non-hydrogen) atoms. The van der Waals surface area contributed by atoms with Crippen LogP contribution < -0.4 is 10.9 Å². The third-order valence-electron chi connectivity index (χ3n) is 6.77. The van der Waals surface area contributed by atoms with Crippen LogP contribution in [0.4, 0.5) is 0 Å². The highest BCUT2D eigenvalue weighted by Crippen LogP contribution is 2.31. The number of para-hydroxylation sites is 1. The van der Waals surface area contributed by atoms with Gasteiger partial charge in [-0.3, -0.25) is 25.2 Å². The molecule has 0 saturated carbocycles. The molecule has 3 N–H and O–H groups in total. The van der Waals surface area contributed by atoms with E-state index in [-0.39, 0.29) is 17.5 Å². The Hall–Kier alpha value is -4.58. The fourth-order valence-corrected chi connectivity index (χ4v) is 5.65. The summed E-state index contributed by atoms with van der Waals surface area (Å²) in [5, 5.41) is 11.0. The first-order valence-electron chi connectivity index (χ1n) is 12.2. The zero-order chi connectivity index (χ0) is 26.1. The number of piperidine rings is 1. The van der Waals surface area contributed by atoms with Gasteiger partial charge in [0.2, 0.25) is 5.91 Å². The van der Waals surface area contributed by atoms with Crippen LogP contribution in [0.1, 0.15) is 50.2 Å². The molecule has 1 aliphatic heterocycles. The summed E-state index contributed by atoms with van der Waals surface area (Å²) in [4.78, 5) is 47.5. The topological polar surface area (TPSA) is 146 Å². The molecule has 0 spiro atoms. The molecule has 5 aromatic rings. The number of hydrazine groups is 1. The van der Waals surface area contributed by atoms with Crippen LogP contribution >= 0.6 is 11.3 Å². The minimum absolute atomic E-state index is 0.113. The number of amides is 3. The number of benzene rings is 2. The second kappa shape index (κ2) is 10.1. The van der Waals surface area contributed by atoms with Crippen LogP contribution in [0.5, 0.6) is 0 Å². The Morgan fingerprint density at radius 2 is 1.82 bits per heavy atom. The zero-order valence-corrected chi connectivity index (χ0v) is 21.0. The number of H-pyrrole nitrogens is 1. The van der Waals surface area contributed by atoms with Crippen molar-refractivity contribution in [2.75, 3.05) is 13.1 Å². The number of aromatic nitrogens is 4. The minimum atomic E-state index is -0.503. The summed E-state index contributed by atoms with van der Waals surface area (Å²) in [5.41, 5.74) is 8.34. The Bertz CT molecular complexity index is 1650. The predicted octanol–water partition coefficient (Wildman–Crippen LogP) is 3.18. The molecule has 6 rings (SSSR count). The molecule has 1 aliphatic rings. The van der Waals surface area contributed by atoms with Crippen LogP contribution in [-0.2, 0) is 11.2 Å². The van der Waals surface area contributed by atoms with Crippen molar-refractivity contribution < 1.29 is 19.0 Å². The van der Waals surface area contributed by atoms with Crippen molar-refractivity contribution in [3.8, 4) is 0 Å². The molecule has 11 nitrogen and oxygen atoms in total. The van der Waals surface area contributed by atoms with Crippen LogP contribution in [-0.4, -0.2) is 56.0 Å². The number of nitrogens with one attached hydrogen (secondary N) is 3. The maximum Gasteiger partial charge on any atom is 0.289 e. The quantitative estimate of drug-likeness (QED) is 0.296. The van der Waals surface area contributed by atoms with Gasteiger partial charge in [0, 0.05) is 47.1 Å². The van der Waals surface area contributed by atoms with Gasteiger partial charge in [-0.25, -0.2) is 9.61 Å². The Balaban J connectivity index is 1.01. The predicted molar refractivity (Wildman–Crippen MR) is 139 cm³/mol. The largest absolute Gasteiger partial charge is 0.361 e. The van der Waals surface area contributed by atoms with Crippen molar-refractivity contribution >= 4 is 51.0 Å². The Kier molecular flexibility index (Phi) is 6.30. The number of likely N-dealkylation sites (tertiary alicyclic amines) is 1. The molecule has 0 radical (unpaired) electrons. The highest BCUT2D eigenvalue weighted by molar-refractivity contribution is 7.09. The van der Waals surface area contributed by atoms with E-state index in [9.17, 15) is 14.4 Å². The molecule has 3 aromatic heterocycles. The third kappa shape index (κ3) is 4.73. The molecule has 12 heteroatoms. The maximum atomic E-state index is 12.9. The van der Waals surface area contributed by atoms with Crippen LogP contribution in [0.15, 0.2) is 58.7 Å².